The predicted octanol–water partition coefficient (Wildman–Crippen LogP) is 3.91. The Hall–Kier alpha value is -3.67. The van der Waals surface area contributed by atoms with Crippen LogP contribution in [0.15, 0.2) is 77.5 Å². The van der Waals surface area contributed by atoms with Crippen LogP contribution in [0.1, 0.15) is 0 Å². The number of aromatic nitrogens is 2. The number of nitrogens with zero attached hydrogens (tertiary/aromatic N) is 2. The third-order valence-electron chi connectivity index (χ3n) is 3.68. The van der Waals surface area contributed by atoms with Gasteiger partial charge >= 0.3 is 0 Å². The number of fused-ring (bicyclic) bond motifs is 1. The lowest BCUT2D eigenvalue weighted by molar-refractivity contribution is -0.118. The third-order valence-corrected chi connectivity index (χ3v) is 3.68. The standard InChI is InChI=1S/C20H15N3O3/c24-19(13-25-16-6-2-1-3-7-16)22-15-10-14(11-21-12-15)20-23-17-8-4-5-9-18(17)26-20/h1-12H,13H2,(H,22,24). The van der Waals surface area contributed by atoms with Crippen molar-refractivity contribution in [2.45, 2.75) is 0 Å². The number of hydrogen-bond acceptors (Lipinski definition) is 5. The molecule has 128 valence electrons. The summed E-state index contributed by atoms with van der Waals surface area (Å²) in [5, 5.41) is 2.76. The van der Waals surface area contributed by atoms with Gasteiger partial charge in [0, 0.05) is 6.20 Å². The number of ether oxygens (including phenoxy) is 1. The van der Waals surface area contributed by atoms with E-state index >= 15 is 0 Å². The number of pyridine rings is 1. The van der Waals surface area contributed by atoms with E-state index < -0.39 is 0 Å². The normalized spacial score (nSPS) is 10.6. The highest BCUT2D eigenvalue weighted by atomic mass is 16.5. The van der Waals surface area contributed by atoms with Crippen molar-refractivity contribution in [1.29, 1.82) is 0 Å². The maximum atomic E-state index is 12.1. The first-order valence-corrected chi connectivity index (χ1v) is 8.07. The molecule has 0 saturated carbocycles. The molecular formula is C20H15N3O3. The van der Waals surface area contributed by atoms with E-state index in [0.29, 0.717) is 28.5 Å². The number of amides is 1. The summed E-state index contributed by atoms with van der Waals surface area (Å²) in [5.74, 6) is 0.821. The van der Waals surface area contributed by atoms with Crippen LogP contribution in [0.3, 0.4) is 0 Å². The number of carbonyl (C=O) groups excluding carboxylic acids is 1. The van der Waals surface area contributed by atoms with E-state index in [-0.39, 0.29) is 12.5 Å². The summed E-state index contributed by atoms with van der Waals surface area (Å²) < 4.78 is 11.2. The molecule has 2 heterocycles. The molecule has 4 rings (SSSR count). The van der Waals surface area contributed by atoms with Crippen molar-refractivity contribution in [1.82, 2.24) is 9.97 Å². The van der Waals surface area contributed by atoms with E-state index in [2.05, 4.69) is 15.3 Å². The molecule has 26 heavy (non-hydrogen) atoms. The molecule has 4 aromatic rings. The van der Waals surface area contributed by atoms with Crippen molar-refractivity contribution < 1.29 is 13.9 Å². The van der Waals surface area contributed by atoms with Crippen LogP contribution in [0.4, 0.5) is 5.69 Å². The molecule has 1 amide bonds. The highest BCUT2D eigenvalue weighted by Crippen LogP contribution is 2.25. The van der Waals surface area contributed by atoms with Gasteiger partial charge in [-0.05, 0) is 30.3 Å². The Labute approximate surface area is 149 Å². The van der Waals surface area contributed by atoms with Gasteiger partial charge in [0.25, 0.3) is 5.91 Å². The number of oxazole rings is 1. The summed E-state index contributed by atoms with van der Waals surface area (Å²) in [5.41, 5.74) is 2.70. The van der Waals surface area contributed by atoms with Crippen LogP contribution in [-0.4, -0.2) is 22.5 Å². The maximum Gasteiger partial charge on any atom is 0.262 e. The minimum Gasteiger partial charge on any atom is -0.484 e. The number of carbonyl (C=O) groups is 1. The lowest BCUT2D eigenvalue weighted by Crippen LogP contribution is -2.20. The number of anilines is 1. The van der Waals surface area contributed by atoms with Crippen LogP contribution < -0.4 is 10.1 Å². The van der Waals surface area contributed by atoms with Gasteiger partial charge in [-0.3, -0.25) is 9.78 Å². The maximum absolute atomic E-state index is 12.1. The van der Waals surface area contributed by atoms with E-state index in [4.69, 9.17) is 9.15 Å². The third kappa shape index (κ3) is 3.54. The zero-order valence-corrected chi connectivity index (χ0v) is 13.8. The zero-order chi connectivity index (χ0) is 17.8. The van der Waals surface area contributed by atoms with Crippen LogP contribution in [-0.2, 0) is 4.79 Å². The highest BCUT2D eigenvalue weighted by molar-refractivity contribution is 5.92. The molecule has 0 unspecified atom stereocenters. The molecule has 0 aliphatic carbocycles. The second-order valence-corrected chi connectivity index (χ2v) is 5.60. The Balaban J connectivity index is 1.46. The van der Waals surface area contributed by atoms with Crippen LogP contribution in [0.2, 0.25) is 0 Å². The largest absolute Gasteiger partial charge is 0.484 e. The summed E-state index contributed by atoms with van der Waals surface area (Å²) in [6.45, 7) is -0.0862. The minimum absolute atomic E-state index is 0.0862. The van der Waals surface area contributed by atoms with Crippen LogP contribution in [0.5, 0.6) is 5.75 Å². The average Bonchev–Trinajstić information content (AvgIpc) is 3.12. The fraction of sp³-hybridized carbons (Fsp3) is 0.0500. The summed E-state index contributed by atoms with van der Waals surface area (Å²) in [6.07, 6.45) is 3.20. The SMILES string of the molecule is O=C(COc1ccccc1)Nc1cncc(-c2nc3ccccc3o2)c1. The van der Waals surface area contributed by atoms with Gasteiger partial charge < -0.3 is 14.5 Å². The Bertz CT molecular complexity index is 1010. The second kappa shape index (κ2) is 7.06. The van der Waals surface area contributed by atoms with Gasteiger partial charge in [-0.1, -0.05) is 30.3 Å². The number of rotatable bonds is 5. The Kier molecular flexibility index (Phi) is 4.30. The van der Waals surface area contributed by atoms with Crippen molar-refractivity contribution in [3.05, 3.63) is 73.1 Å². The molecule has 0 fully saturated rings. The number of hydrogen-bond donors (Lipinski definition) is 1. The van der Waals surface area contributed by atoms with Gasteiger partial charge in [0.05, 0.1) is 17.4 Å². The minimum atomic E-state index is -0.273. The molecule has 0 atom stereocenters. The van der Waals surface area contributed by atoms with E-state index in [9.17, 15) is 4.79 Å². The van der Waals surface area contributed by atoms with Crippen LogP contribution in [0.25, 0.3) is 22.6 Å². The van der Waals surface area contributed by atoms with E-state index in [1.54, 1.807) is 30.6 Å². The topological polar surface area (TPSA) is 77.2 Å². The van der Waals surface area contributed by atoms with Crippen molar-refractivity contribution in [2.75, 3.05) is 11.9 Å². The van der Waals surface area contributed by atoms with E-state index in [0.717, 1.165) is 5.52 Å². The van der Waals surface area contributed by atoms with Gasteiger partial charge in [-0.15, -0.1) is 0 Å². The molecule has 2 aromatic heterocycles. The molecule has 0 spiro atoms. The predicted molar refractivity (Wildman–Crippen MR) is 97.8 cm³/mol. The summed E-state index contributed by atoms with van der Waals surface area (Å²) in [7, 11) is 0. The molecule has 2 aromatic carbocycles. The number of benzene rings is 2. The molecule has 0 bridgehead atoms. The zero-order valence-electron chi connectivity index (χ0n) is 13.8. The fourth-order valence-corrected chi connectivity index (χ4v) is 2.48. The lowest BCUT2D eigenvalue weighted by atomic mass is 10.2. The van der Waals surface area contributed by atoms with E-state index in [1.165, 1.54) is 0 Å². The molecule has 0 aliphatic heterocycles. The monoisotopic (exact) mass is 345 g/mol. The van der Waals surface area contributed by atoms with Gasteiger partial charge in [0.1, 0.15) is 11.3 Å². The Morgan fingerprint density at radius 1 is 1.04 bits per heavy atom. The van der Waals surface area contributed by atoms with Crippen LogP contribution >= 0.6 is 0 Å². The first kappa shape index (κ1) is 15.8. The van der Waals surface area contributed by atoms with Crippen molar-refractivity contribution >= 4 is 22.7 Å². The summed E-state index contributed by atoms with van der Waals surface area (Å²) in [6, 6.07) is 18.4. The van der Waals surface area contributed by atoms with Gasteiger partial charge in [0.15, 0.2) is 12.2 Å². The van der Waals surface area contributed by atoms with Gasteiger partial charge in [-0.2, -0.15) is 0 Å². The molecule has 0 aliphatic rings. The highest BCUT2D eigenvalue weighted by Gasteiger charge is 2.10. The second-order valence-electron chi connectivity index (χ2n) is 5.60. The Morgan fingerprint density at radius 3 is 2.69 bits per heavy atom. The number of nitrogens with one attached hydrogen (secondary N) is 1. The van der Waals surface area contributed by atoms with Gasteiger partial charge in [0.2, 0.25) is 5.89 Å². The average molecular weight is 345 g/mol. The quantitative estimate of drug-likeness (QED) is 0.593. The molecular weight excluding hydrogens is 330 g/mol. The van der Waals surface area contributed by atoms with E-state index in [1.807, 2.05) is 42.5 Å². The summed E-state index contributed by atoms with van der Waals surface area (Å²) in [4.78, 5) is 20.7. The molecule has 6 nitrogen and oxygen atoms in total. The molecule has 0 radical (unpaired) electrons. The van der Waals surface area contributed by atoms with Crippen molar-refractivity contribution in [2.24, 2.45) is 0 Å². The smallest absolute Gasteiger partial charge is 0.262 e. The molecule has 0 saturated heterocycles. The Morgan fingerprint density at radius 2 is 1.85 bits per heavy atom. The van der Waals surface area contributed by atoms with Crippen molar-refractivity contribution in [3.8, 4) is 17.2 Å². The van der Waals surface area contributed by atoms with Crippen LogP contribution in [0, 0.1) is 0 Å². The van der Waals surface area contributed by atoms with Gasteiger partial charge in [-0.25, -0.2) is 4.98 Å². The first-order chi connectivity index (χ1) is 12.8. The molecule has 1 N–H and O–H groups in total. The lowest BCUT2D eigenvalue weighted by Gasteiger charge is -2.07. The summed E-state index contributed by atoms with van der Waals surface area (Å²) >= 11 is 0. The number of para-hydroxylation sites is 3. The molecule has 6 heteroatoms. The fourth-order valence-electron chi connectivity index (χ4n) is 2.48. The van der Waals surface area contributed by atoms with Crippen molar-refractivity contribution in [3.63, 3.8) is 0 Å². The first-order valence-electron chi connectivity index (χ1n) is 8.07.